The van der Waals surface area contributed by atoms with E-state index in [0.717, 1.165) is 31.5 Å². The Morgan fingerprint density at radius 3 is 2.90 bits per heavy atom. The van der Waals surface area contributed by atoms with Gasteiger partial charge in [0.1, 0.15) is 5.75 Å². The van der Waals surface area contributed by atoms with Gasteiger partial charge in [-0.15, -0.1) is 0 Å². The van der Waals surface area contributed by atoms with E-state index in [-0.39, 0.29) is 5.91 Å². The van der Waals surface area contributed by atoms with Gasteiger partial charge in [-0.2, -0.15) is 0 Å². The number of methoxy groups -OCH3 is 1. The van der Waals surface area contributed by atoms with Gasteiger partial charge in [-0.3, -0.25) is 4.79 Å². The van der Waals surface area contributed by atoms with E-state index in [1.54, 1.807) is 13.2 Å². The highest BCUT2D eigenvalue weighted by atomic mass is 35.5. The van der Waals surface area contributed by atoms with Crippen molar-refractivity contribution in [1.82, 2.24) is 10.6 Å². The zero-order chi connectivity index (χ0) is 14.4. The monoisotopic (exact) mass is 296 g/mol. The minimum Gasteiger partial charge on any atom is -0.496 e. The van der Waals surface area contributed by atoms with Crippen LogP contribution in [-0.4, -0.2) is 26.1 Å². The van der Waals surface area contributed by atoms with Crippen LogP contribution >= 0.6 is 11.6 Å². The Bertz CT molecular complexity index is 459. The first kappa shape index (κ1) is 15.1. The van der Waals surface area contributed by atoms with Crippen molar-refractivity contribution in [3.8, 4) is 5.75 Å². The summed E-state index contributed by atoms with van der Waals surface area (Å²) in [6.07, 6.45) is 2.74. The Hall–Kier alpha value is -1.26. The van der Waals surface area contributed by atoms with Gasteiger partial charge in [0.05, 0.1) is 7.11 Å². The highest BCUT2D eigenvalue weighted by Crippen LogP contribution is 2.26. The van der Waals surface area contributed by atoms with Gasteiger partial charge in [-0.25, -0.2) is 0 Å². The molecule has 0 unspecified atom stereocenters. The zero-order valence-corrected chi connectivity index (χ0v) is 12.5. The maximum atomic E-state index is 12.0. The molecule has 1 aromatic rings. The summed E-state index contributed by atoms with van der Waals surface area (Å²) in [4.78, 5) is 12.0. The van der Waals surface area contributed by atoms with Gasteiger partial charge in [0.2, 0.25) is 5.91 Å². The van der Waals surface area contributed by atoms with Crippen LogP contribution in [0.15, 0.2) is 18.2 Å². The SMILES string of the molecule is COc1cccc(Cl)c1CNC(=O)CC1CCNCC1. The van der Waals surface area contributed by atoms with E-state index in [1.165, 1.54) is 0 Å². The molecule has 0 spiro atoms. The normalized spacial score (nSPS) is 15.9. The third-order valence-electron chi connectivity index (χ3n) is 3.69. The van der Waals surface area contributed by atoms with Crippen LogP contribution in [0.5, 0.6) is 5.75 Å². The van der Waals surface area contributed by atoms with Gasteiger partial charge in [-0.05, 0) is 44.0 Å². The molecule has 2 rings (SSSR count). The fraction of sp³-hybridized carbons (Fsp3) is 0.533. The molecule has 2 N–H and O–H groups in total. The first-order valence-corrected chi connectivity index (χ1v) is 7.37. The van der Waals surface area contributed by atoms with Crippen molar-refractivity contribution in [2.45, 2.75) is 25.8 Å². The van der Waals surface area contributed by atoms with Crippen LogP contribution in [0.2, 0.25) is 5.02 Å². The lowest BCUT2D eigenvalue weighted by atomic mass is 9.94. The molecular formula is C15H21ClN2O2. The van der Waals surface area contributed by atoms with E-state index in [4.69, 9.17) is 16.3 Å². The molecular weight excluding hydrogens is 276 g/mol. The molecule has 0 radical (unpaired) electrons. The van der Waals surface area contributed by atoms with E-state index < -0.39 is 0 Å². The molecule has 4 nitrogen and oxygen atoms in total. The summed E-state index contributed by atoms with van der Waals surface area (Å²) in [7, 11) is 1.60. The van der Waals surface area contributed by atoms with Gasteiger partial charge >= 0.3 is 0 Å². The van der Waals surface area contributed by atoms with Crippen LogP contribution in [0.3, 0.4) is 0 Å². The van der Waals surface area contributed by atoms with Crippen molar-refractivity contribution in [1.29, 1.82) is 0 Å². The maximum absolute atomic E-state index is 12.0. The minimum atomic E-state index is 0.0823. The predicted octanol–water partition coefficient (Wildman–Crippen LogP) is 2.35. The fourth-order valence-corrected chi connectivity index (χ4v) is 2.74. The number of piperidine rings is 1. The lowest BCUT2D eigenvalue weighted by molar-refractivity contribution is -0.122. The average molecular weight is 297 g/mol. The lowest BCUT2D eigenvalue weighted by Gasteiger charge is -2.22. The molecule has 1 aliphatic heterocycles. The molecule has 1 aromatic carbocycles. The smallest absolute Gasteiger partial charge is 0.220 e. The van der Waals surface area contributed by atoms with E-state index in [0.29, 0.717) is 29.7 Å². The summed E-state index contributed by atoms with van der Waals surface area (Å²) in [6.45, 7) is 2.43. The van der Waals surface area contributed by atoms with Crippen LogP contribution in [0.1, 0.15) is 24.8 Å². The van der Waals surface area contributed by atoms with E-state index >= 15 is 0 Å². The van der Waals surface area contributed by atoms with E-state index in [9.17, 15) is 4.79 Å². The molecule has 1 heterocycles. The highest BCUT2D eigenvalue weighted by Gasteiger charge is 2.17. The number of ether oxygens (including phenoxy) is 1. The molecule has 1 aliphatic rings. The van der Waals surface area contributed by atoms with Crippen molar-refractivity contribution in [2.24, 2.45) is 5.92 Å². The summed E-state index contributed by atoms with van der Waals surface area (Å²) < 4.78 is 5.26. The number of hydrogen-bond donors (Lipinski definition) is 2. The number of amides is 1. The van der Waals surface area contributed by atoms with Gasteiger partial charge in [0.25, 0.3) is 0 Å². The van der Waals surface area contributed by atoms with Gasteiger partial charge in [-0.1, -0.05) is 17.7 Å². The van der Waals surface area contributed by atoms with E-state index in [1.807, 2.05) is 12.1 Å². The highest BCUT2D eigenvalue weighted by molar-refractivity contribution is 6.31. The van der Waals surface area contributed by atoms with Crippen LogP contribution < -0.4 is 15.4 Å². The number of benzene rings is 1. The molecule has 0 bridgehead atoms. The van der Waals surface area contributed by atoms with Gasteiger partial charge in [0.15, 0.2) is 0 Å². The summed E-state index contributed by atoms with van der Waals surface area (Å²) in [5.41, 5.74) is 0.829. The molecule has 0 atom stereocenters. The Balaban J connectivity index is 1.86. The van der Waals surface area contributed by atoms with Crippen molar-refractivity contribution in [3.05, 3.63) is 28.8 Å². The molecule has 5 heteroatoms. The number of hydrogen-bond acceptors (Lipinski definition) is 3. The first-order valence-electron chi connectivity index (χ1n) is 6.99. The number of carbonyl (C=O) groups excluding carboxylic acids is 1. The van der Waals surface area contributed by atoms with E-state index in [2.05, 4.69) is 10.6 Å². The topological polar surface area (TPSA) is 50.4 Å². The number of nitrogens with one attached hydrogen (secondary N) is 2. The maximum Gasteiger partial charge on any atom is 0.220 e. The number of halogens is 1. The fourth-order valence-electron chi connectivity index (χ4n) is 2.51. The standard InChI is InChI=1S/C15H21ClN2O2/c1-20-14-4-2-3-13(16)12(14)10-18-15(19)9-11-5-7-17-8-6-11/h2-4,11,17H,5-10H2,1H3,(H,18,19). The predicted molar refractivity (Wildman–Crippen MR) is 80.1 cm³/mol. The second-order valence-electron chi connectivity index (χ2n) is 5.09. The molecule has 20 heavy (non-hydrogen) atoms. The van der Waals surface area contributed by atoms with Gasteiger partial charge in [0, 0.05) is 23.6 Å². The van der Waals surface area contributed by atoms with Crippen LogP contribution in [0.4, 0.5) is 0 Å². The van der Waals surface area contributed by atoms with Crippen molar-refractivity contribution < 1.29 is 9.53 Å². The van der Waals surface area contributed by atoms with Crippen molar-refractivity contribution in [3.63, 3.8) is 0 Å². The zero-order valence-electron chi connectivity index (χ0n) is 11.7. The molecule has 1 amide bonds. The van der Waals surface area contributed by atoms with Crippen LogP contribution in [0, 0.1) is 5.92 Å². The quantitative estimate of drug-likeness (QED) is 0.877. The van der Waals surface area contributed by atoms with Crippen molar-refractivity contribution >= 4 is 17.5 Å². The third kappa shape index (κ3) is 4.12. The lowest BCUT2D eigenvalue weighted by Crippen LogP contribution is -2.32. The Labute approximate surface area is 124 Å². The molecule has 0 saturated carbocycles. The Kier molecular flexibility index (Phi) is 5.68. The summed E-state index contributed by atoms with van der Waals surface area (Å²) in [6, 6.07) is 5.49. The average Bonchev–Trinajstić information content (AvgIpc) is 2.46. The Morgan fingerprint density at radius 1 is 1.45 bits per heavy atom. The molecule has 1 saturated heterocycles. The third-order valence-corrected chi connectivity index (χ3v) is 4.05. The summed E-state index contributed by atoms with van der Waals surface area (Å²) >= 11 is 6.14. The van der Waals surface area contributed by atoms with Gasteiger partial charge < -0.3 is 15.4 Å². The van der Waals surface area contributed by atoms with Crippen LogP contribution in [-0.2, 0) is 11.3 Å². The summed E-state index contributed by atoms with van der Waals surface area (Å²) in [5, 5.41) is 6.86. The minimum absolute atomic E-state index is 0.0823. The molecule has 110 valence electrons. The Morgan fingerprint density at radius 2 is 2.20 bits per heavy atom. The van der Waals surface area contributed by atoms with Crippen LogP contribution in [0.25, 0.3) is 0 Å². The molecule has 1 fully saturated rings. The molecule has 0 aromatic heterocycles. The second-order valence-corrected chi connectivity index (χ2v) is 5.50. The molecule has 0 aliphatic carbocycles. The number of carbonyl (C=O) groups is 1. The second kappa shape index (κ2) is 7.50. The van der Waals surface area contributed by atoms with Crippen molar-refractivity contribution in [2.75, 3.05) is 20.2 Å². The first-order chi connectivity index (χ1) is 9.70. The summed E-state index contributed by atoms with van der Waals surface area (Å²) in [5.74, 6) is 1.28. The largest absolute Gasteiger partial charge is 0.496 e. The number of rotatable bonds is 5.